The van der Waals surface area contributed by atoms with E-state index in [1.54, 1.807) is 4.72 Å². The Morgan fingerprint density at radius 3 is 2.25 bits per heavy atom. The molecule has 0 amide bonds. The van der Waals surface area contributed by atoms with Gasteiger partial charge >= 0.3 is 0 Å². The van der Waals surface area contributed by atoms with Crippen LogP contribution in [0.2, 0.25) is 0 Å². The summed E-state index contributed by atoms with van der Waals surface area (Å²) in [5.74, 6) is -4.68. The van der Waals surface area contributed by atoms with Crippen molar-refractivity contribution in [3.8, 4) is 0 Å². The highest BCUT2D eigenvalue weighted by atomic mass is 32.2. The molecule has 0 heterocycles. The minimum absolute atomic E-state index is 0.228. The van der Waals surface area contributed by atoms with E-state index in [0.717, 1.165) is 0 Å². The number of anilines is 1. The lowest BCUT2D eigenvalue weighted by Gasteiger charge is -2.07. The van der Waals surface area contributed by atoms with E-state index in [9.17, 15) is 21.6 Å². The third kappa shape index (κ3) is 3.11. The highest BCUT2D eigenvalue weighted by molar-refractivity contribution is 7.92. The lowest BCUT2D eigenvalue weighted by Crippen LogP contribution is -2.19. The zero-order chi connectivity index (χ0) is 12.3. The van der Waals surface area contributed by atoms with Crippen molar-refractivity contribution in [2.45, 2.75) is 0 Å². The van der Waals surface area contributed by atoms with Gasteiger partial charge in [-0.25, -0.2) is 21.6 Å². The first-order chi connectivity index (χ1) is 7.35. The predicted octanol–water partition coefficient (Wildman–Crippen LogP) is 0.838. The van der Waals surface area contributed by atoms with Crippen LogP contribution < -0.4 is 4.72 Å². The molecular formula is C8H8F3NO3S. The van der Waals surface area contributed by atoms with Gasteiger partial charge in [0.05, 0.1) is 18.0 Å². The monoisotopic (exact) mass is 255 g/mol. The van der Waals surface area contributed by atoms with Crippen LogP contribution in [0.1, 0.15) is 0 Å². The van der Waals surface area contributed by atoms with Crippen LogP contribution in [0.25, 0.3) is 0 Å². The summed E-state index contributed by atoms with van der Waals surface area (Å²) in [4.78, 5) is 0. The first-order valence-corrected chi connectivity index (χ1v) is 5.77. The van der Waals surface area contributed by atoms with Crippen molar-refractivity contribution in [3.63, 3.8) is 0 Å². The van der Waals surface area contributed by atoms with Gasteiger partial charge in [-0.2, -0.15) is 0 Å². The maximum atomic E-state index is 13.0. The molecule has 0 aliphatic heterocycles. The van der Waals surface area contributed by atoms with Gasteiger partial charge in [-0.1, -0.05) is 0 Å². The Kier molecular flexibility index (Phi) is 3.76. The average molecular weight is 255 g/mol. The van der Waals surface area contributed by atoms with E-state index in [0.29, 0.717) is 6.07 Å². The third-order valence-corrected chi connectivity index (χ3v) is 2.89. The van der Waals surface area contributed by atoms with Crippen molar-refractivity contribution in [1.82, 2.24) is 0 Å². The Morgan fingerprint density at radius 2 is 1.69 bits per heavy atom. The fourth-order valence-corrected chi connectivity index (χ4v) is 1.77. The van der Waals surface area contributed by atoms with Crippen LogP contribution in [0, 0.1) is 17.5 Å². The molecule has 0 aromatic heterocycles. The van der Waals surface area contributed by atoms with Crippen LogP contribution >= 0.6 is 0 Å². The minimum Gasteiger partial charge on any atom is -0.395 e. The normalized spacial score (nSPS) is 11.5. The van der Waals surface area contributed by atoms with E-state index in [1.165, 1.54) is 0 Å². The van der Waals surface area contributed by atoms with Crippen LogP contribution in [0.5, 0.6) is 0 Å². The molecule has 0 fully saturated rings. The predicted molar refractivity (Wildman–Crippen MR) is 50.8 cm³/mol. The molecular weight excluding hydrogens is 247 g/mol. The van der Waals surface area contributed by atoms with E-state index >= 15 is 0 Å². The minimum atomic E-state index is -3.97. The maximum absolute atomic E-state index is 13.0. The van der Waals surface area contributed by atoms with Crippen LogP contribution in [0.4, 0.5) is 18.9 Å². The van der Waals surface area contributed by atoms with E-state index < -0.39 is 45.5 Å². The largest absolute Gasteiger partial charge is 0.395 e. The second-order valence-corrected chi connectivity index (χ2v) is 4.73. The number of rotatable bonds is 4. The summed E-state index contributed by atoms with van der Waals surface area (Å²) in [6.45, 7) is -0.666. The molecule has 2 N–H and O–H groups in total. The molecule has 8 heteroatoms. The number of aliphatic hydroxyl groups is 1. The highest BCUT2D eigenvalue weighted by Crippen LogP contribution is 2.19. The van der Waals surface area contributed by atoms with Gasteiger partial charge in [0, 0.05) is 12.1 Å². The van der Waals surface area contributed by atoms with Crippen molar-refractivity contribution in [3.05, 3.63) is 29.6 Å². The Labute approximate surface area is 89.8 Å². The first-order valence-electron chi connectivity index (χ1n) is 4.11. The smallest absolute Gasteiger partial charge is 0.235 e. The maximum Gasteiger partial charge on any atom is 0.235 e. The molecule has 1 aromatic carbocycles. The number of sulfonamides is 1. The molecule has 0 spiro atoms. The Hall–Kier alpha value is -1.28. The summed E-state index contributed by atoms with van der Waals surface area (Å²) in [6, 6.07) is 0.617. The van der Waals surface area contributed by atoms with Gasteiger partial charge in [-0.3, -0.25) is 4.72 Å². The summed E-state index contributed by atoms with van der Waals surface area (Å²) in [5, 5.41) is 8.40. The molecule has 16 heavy (non-hydrogen) atoms. The molecule has 0 atom stereocenters. The average Bonchev–Trinajstić information content (AvgIpc) is 2.13. The number of aliphatic hydroxyl groups excluding tert-OH is 1. The van der Waals surface area contributed by atoms with Crippen LogP contribution in [0.15, 0.2) is 12.1 Å². The first kappa shape index (κ1) is 12.8. The Balaban J connectivity index is 3.03. The van der Waals surface area contributed by atoms with Crippen LogP contribution in [-0.4, -0.2) is 25.9 Å². The van der Waals surface area contributed by atoms with Gasteiger partial charge in [-0.05, 0) is 0 Å². The molecule has 0 saturated heterocycles. The highest BCUT2D eigenvalue weighted by Gasteiger charge is 2.15. The van der Waals surface area contributed by atoms with Crippen molar-refractivity contribution in [1.29, 1.82) is 0 Å². The fraction of sp³-hybridized carbons (Fsp3) is 0.250. The number of hydrogen-bond acceptors (Lipinski definition) is 3. The zero-order valence-electron chi connectivity index (χ0n) is 7.87. The van der Waals surface area contributed by atoms with Crippen molar-refractivity contribution in [2.24, 2.45) is 0 Å². The standard InChI is InChI=1S/C8H8F3NO3S/c9-5-3-7(11)8(4-6(5)10)12-16(14,15)2-1-13/h3-4,12-13H,1-2H2. The molecule has 0 bridgehead atoms. The summed E-state index contributed by atoms with van der Waals surface area (Å²) in [6.07, 6.45) is 0. The number of hydrogen-bond donors (Lipinski definition) is 2. The summed E-state index contributed by atoms with van der Waals surface area (Å²) < 4.78 is 62.1. The van der Waals surface area contributed by atoms with Crippen LogP contribution in [-0.2, 0) is 10.0 Å². The van der Waals surface area contributed by atoms with Gasteiger partial charge in [0.15, 0.2) is 11.6 Å². The lowest BCUT2D eigenvalue weighted by molar-refractivity contribution is 0.320. The quantitative estimate of drug-likeness (QED) is 0.783. The topological polar surface area (TPSA) is 66.4 Å². The molecule has 0 unspecified atom stereocenters. The van der Waals surface area contributed by atoms with Gasteiger partial charge in [0.2, 0.25) is 10.0 Å². The number of benzene rings is 1. The van der Waals surface area contributed by atoms with Gasteiger partial charge in [-0.15, -0.1) is 0 Å². The zero-order valence-corrected chi connectivity index (χ0v) is 8.69. The molecule has 4 nitrogen and oxygen atoms in total. The Morgan fingerprint density at radius 1 is 1.12 bits per heavy atom. The summed E-state index contributed by atoms with van der Waals surface area (Å²) in [5.41, 5.74) is -0.702. The molecule has 1 rings (SSSR count). The van der Waals surface area contributed by atoms with Crippen molar-refractivity contribution in [2.75, 3.05) is 17.1 Å². The van der Waals surface area contributed by atoms with Gasteiger partial charge in [0.25, 0.3) is 0 Å². The summed E-state index contributed by atoms with van der Waals surface area (Å²) >= 11 is 0. The molecule has 1 aromatic rings. The van der Waals surface area contributed by atoms with Gasteiger partial charge in [0.1, 0.15) is 5.82 Å². The van der Waals surface area contributed by atoms with E-state index in [1.807, 2.05) is 0 Å². The second-order valence-electron chi connectivity index (χ2n) is 2.89. The SMILES string of the molecule is O=S(=O)(CCO)Nc1cc(F)c(F)cc1F. The lowest BCUT2D eigenvalue weighted by atomic mass is 10.3. The molecule has 0 aliphatic carbocycles. The Bertz CT molecular complexity index is 490. The molecule has 0 saturated carbocycles. The molecule has 0 aliphatic rings. The molecule has 90 valence electrons. The fourth-order valence-electron chi connectivity index (χ4n) is 0.940. The van der Waals surface area contributed by atoms with Crippen LogP contribution in [0.3, 0.4) is 0 Å². The van der Waals surface area contributed by atoms with E-state index in [4.69, 9.17) is 5.11 Å². The van der Waals surface area contributed by atoms with Crippen molar-refractivity contribution < 1.29 is 26.7 Å². The van der Waals surface area contributed by atoms with Crippen molar-refractivity contribution >= 4 is 15.7 Å². The summed E-state index contributed by atoms with van der Waals surface area (Å²) in [7, 11) is -3.97. The third-order valence-electron chi connectivity index (χ3n) is 1.64. The number of halogens is 3. The molecule has 0 radical (unpaired) electrons. The second kappa shape index (κ2) is 4.71. The van der Waals surface area contributed by atoms with Gasteiger partial charge < -0.3 is 5.11 Å². The van der Waals surface area contributed by atoms with E-state index in [-0.39, 0.29) is 6.07 Å². The van der Waals surface area contributed by atoms with E-state index in [2.05, 4.69) is 0 Å². The number of nitrogens with one attached hydrogen (secondary N) is 1.